The molecule has 1 aliphatic rings. The van der Waals surface area contributed by atoms with Gasteiger partial charge in [-0.2, -0.15) is 0 Å². The van der Waals surface area contributed by atoms with E-state index < -0.39 is 0 Å². The zero-order valence-corrected chi connectivity index (χ0v) is 11.8. The largest absolute Gasteiger partial charge is 0.398 e. The van der Waals surface area contributed by atoms with Gasteiger partial charge in [0.15, 0.2) is 5.82 Å². The molecule has 106 valence electrons. The lowest BCUT2D eigenvalue weighted by Gasteiger charge is -2.19. The third-order valence-corrected chi connectivity index (χ3v) is 3.98. The minimum absolute atomic E-state index is 0.170. The molecule has 0 amide bonds. The third-order valence-electron chi connectivity index (χ3n) is 3.98. The Bertz CT molecular complexity index is 609. The number of hydrogen-bond donors (Lipinski definition) is 1. The van der Waals surface area contributed by atoms with Crippen molar-refractivity contribution in [2.24, 2.45) is 0 Å². The van der Waals surface area contributed by atoms with Gasteiger partial charge >= 0.3 is 0 Å². The van der Waals surface area contributed by atoms with Gasteiger partial charge in [0.05, 0.1) is 12.1 Å². The summed E-state index contributed by atoms with van der Waals surface area (Å²) in [6.45, 7) is 2.03. The van der Waals surface area contributed by atoms with Crippen LogP contribution in [0, 0.1) is 6.92 Å². The molecule has 6 heteroatoms. The first kappa shape index (κ1) is 13.1. The number of ether oxygens (including phenoxy) is 1. The summed E-state index contributed by atoms with van der Waals surface area (Å²) in [4.78, 5) is 0. The van der Waals surface area contributed by atoms with Crippen LogP contribution >= 0.6 is 0 Å². The Morgan fingerprint density at radius 1 is 1.35 bits per heavy atom. The first-order valence-corrected chi connectivity index (χ1v) is 6.88. The fourth-order valence-electron chi connectivity index (χ4n) is 2.92. The molecule has 0 aliphatic heterocycles. The van der Waals surface area contributed by atoms with E-state index in [1.165, 1.54) is 0 Å². The maximum absolute atomic E-state index is 6.08. The molecule has 1 fully saturated rings. The van der Waals surface area contributed by atoms with Crippen LogP contribution in [0.5, 0.6) is 0 Å². The summed E-state index contributed by atoms with van der Waals surface area (Å²) >= 11 is 0. The second-order valence-corrected chi connectivity index (χ2v) is 5.31. The van der Waals surface area contributed by atoms with Crippen LogP contribution in [0.3, 0.4) is 0 Å². The smallest absolute Gasteiger partial charge is 0.184 e. The molecule has 0 bridgehead atoms. The number of benzene rings is 1. The number of aromatic nitrogens is 4. The predicted molar refractivity (Wildman–Crippen MR) is 76.1 cm³/mol. The van der Waals surface area contributed by atoms with Gasteiger partial charge in [-0.1, -0.05) is 11.6 Å². The Labute approximate surface area is 117 Å². The van der Waals surface area contributed by atoms with Crippen LogP contribution in [-0.2, 0) is 4.74 Å². The predicted octanol–water partition coefficient (Wildman–Crippen LogP) is 1.97. The van der Waals surface area contributed by atoms with E-state index in [4.69, 9.17) is 10.5 Å². The van der Waals surface area contributed by atoms with Crippen molar-refractivity contribution in [2.45, 2.75) is 38.3 Å². The second kappa shape index (κ2) is 5.20. The summed E-state index contributed by atoms with van der Waals surface area (Å²) in [7, 11) is 1.74. The number of methoxy groups -OCH3 is 1. The Kier molecular flexibility index (Phi) is 3.40. The molecule has 2 N–H and O–H groups in total. The Balaban J connectivity index is 2.04. The highest BCUT2D eigenvalue weighted by molar-refractivity contribution is 5.72. The molecular weight excluding hydrogens is 254 g/mol. The van der Waals surface area contributed by atoms with E-state index in [0.717, 1.165) is 36.2 Å². The van der Waals surface area contributed by atoms with E-state index in [-0.39, 0.29) is 12.1 Å². The molecule has 0 radical (unpaired) electrons. The summed E-state index contributed by atoms with van der Waals surface area (Å²) < 4.78 is 7.41. The summed E-state index contributed by atoms with van der Waals surface area (Å²) in [6, 6.07) is 6.09. The Morgan fingerprint density at radius 2 is 2.20 bits per heavy atom. The Morgan fingerprint density at radius 3 is 3.00 bits per heavy atom. The van der Waals surface area contributed by atoms with E-state index in [2.05, 4.69) is 15.5 Å². The van der Waals surface area contributed by atoms with Crippen molar-refractivity contribution in [1.29, 1.82) is 0 Å². The molecule has 1 aromatic heterocycles. The van der Waals surface area contributed by atoms with Crippen molar-refractivity contribution in [3.63, 3.8) is 0 Å². The van der Waals surface area contributed by atoms with Crippen molar-refractivity contribution in [2.75, 3.05) is 12.8 Å². The average Bonchev–Trinajstić information content (AvgIpc) is 3.08. The highest BCUT2D eigenvalue weighted by atomic mass is 16.5. The van der Waals surface area contributed by atoms with Gasteiger partial charge in [-0.3, -0.25) is 0 Å². The van der Waals surface area contributed by atoms with Crippen LogP contribution in [0.1, 0.15) is 30.9 Å². The standard InChI is InChI=1S/C14H19N5O/c1-9-6-7-11(15)10(8-9)14-16-17-18-19(14)12-4-3-5-13(12)20-2/h6-8,12-13H,3-5,15H2,1-2H3. The Hall–Kier alpha value is -1.95. The molecule has 6 nitrogen and oxygen atoms in total. The van der Waals surface area contributed by atoms with Crippen LogP contribution < -0.4 is 5.73 Å². The molecule has 2 atom stereocenters. The van der Waals surface area contributed by atoms with Crippen molar-refractivity contribution in [3.05, 3.63) is 23.8 Å². The second-order valence-electron chi connectivity index (χ2n) is 5.31. The lowest BCUT2D eigenvalue weighted by molar-refractivity contribution is 0.0708. The topological polar surface area (TPSA) is 78.8 Å². The fraction of sp³-hybridized carbons (Fsp3) is 0.500. The van der Waals surface area contributed by atoms with E-state index in [0.29, 0.717) is 5.69 Å². The molecule has 0 spiro atoms. The number of hydrogen-bond acceptors (Lipinski definition) is 5. The van der Waals surface area contributed by atoms with Crippen LogP contribution in [0.4, 0.5) is 5.69 Å². The van der Waals surface area contributed by atoms with Crippen LogP contribution in [0.25, 0.3) is 11.4 Å². The van der Waals surface area contributed by atoms with Gasteiger partial charge in [0.2, 0.25) is 0 Å². The van der Waals surface area contributed by atoms with E-state index in [1.54, 1.807) is 7.11 Å². The lowest BCUT2D eigenvalue weighted by atomic mass is 10.1. The van der Waals surface area contributed by atoms with Gasteiger partial charge in [-0.15, -0.1) is 5.10 Å². The highest BCUT2D eigenvalue weighted by Crippen LogP contribution is 2.35. The molecule has 3 rings (SSSR count). The fourth-order valence-corrected chi connectivity index (χ4v) is 2.92. The van der Waals surface area contributed by atoms with Crippen molar-refractivity contribution >= 4 is 5.69 Å². The molecule has 20 heavy (non-hydrogen) atoms. The minimum Gasteiger partial charge on any atom is -0.398 e. The normalized spacial score (nSPS) is 22.3. The number of nitrogen functional groups attached to an aromatic ring is 1. The van der Waals surface area contributed by atoms with Gasteiger partial charge in [0, 0.05) is 18.4 Å². The van der Waals surface area contributed by atoms with E-state index in [9.17, 15) is 0 Å². The zero-order chi connectivity index (χ0) is 14.1. The van der Waals surface area contributed by atoms with E-state index in [1.807, 2.05) is 29.8 Å². The number of nitrogens with two attached hydrogens (primary N) is 1. The molecule has 1 aliphatic carbocycles. The molecule has 2 unspecified atom stereocenters. The molecule has 2 aromatic rings. The van der Waals surface area contributed by atoms with Crippen LogP contribution in [0.2, 0.25) is 0 Å². The van der Waals surface area contributed by atoms with Crippen molar-refractivity contribution in [3.8, 4) is 11.4 Å². The molecule has 0 saturated heterocycles. The number of rotatable bonds is 3. The van der Waals surface area contributed by atoms with Gasteiger partial charge in [0.25, 0.3) is 0 Å². The first-order valence-electron chi connectivity index (χ1n) is 6.88. The summed E-state index contributed by atoms with van der Waals surface area (Å²) in [5.74, 6) is 0.722. The van der Waals surface area contributed by atoms with Gasteiger partial charge in [-0.25, -0.2) is 4.68 Å². The van der Waals surface area contributed by atoms with Gasteiger partial charge in [0.1, 0.15) is 0 Å². The quantitative estimate of drug-likeness (QED) is 0.865. The summed E-state index contributed by atoms with van der Waals surface area (Å²) in [6.07, 6.45) is 3.38. The van der Waals surface area contributed by atoms with Gasteiger partial charge < -0.3 is 10.5 Å². The summed E-state index contributed by atoms with van der Waals surface area (Å²) in [5.41, 5.74) is 8.79. The van der Waals surface area contributed by atoms with Gasteiger partial charge in [-0.05, 0) is 48.7 Å². The van der Waals surface area contributed by atoms with E-state index >= 15 is 0 Å². The number of tetrazole rings is 1. The highest BCUT2D eigenvalue weighted by Gasteiger charge is 2.32. The molecular formula is C14H19N5O. The number of aryl methyl sites for hydroxylation is 1. The first-order chi connectivity index (χ1) is 9.70. The SMILES string of the molecule is COC1CCCC1n1nnnc1-c1cc(C)ccc1N. The third kappa shape index (κ3) is 2.16. The minimum atomic E-state index is 0.170. The monoisotopic (exact) mass is 273 g/mol. The maximum atomic E-state index is 6.08. The number of anilines is 1. The van der Waals surface area contributed by atoms with Crippen molar-refractivity contribution in [1.82, 2.24) is 20.2 Å². The maximum Gasteiger partial charge on any atom is 0.184 e. The number of nitrogens with zero attached hydrogens (tertiary/aromatic N) is 4. The van der Waals surface area contributed by atoms with Crippen LogP contribution in [-0.4, -0.2) is 33.4 Å². The molecule has 1 heterocycles. The average molecular weight is 273 g/mol. The summed E-state index contributed by atoms with van der Waals surface area (Å²) in [5, 5.41) is 12.2. The molecule has 1 aromatic carbocycles. The lowest BCUT2D eigenvalue weighted by Crippen LogP contribution is -2.22. The van der Waals surface area contributed by atoms with Crippen LogP contribution in [0.15, 0.2) is 18.2 Å². The zero-order valence-electron chi connectivity index (χ0n) is 11.8. The van der Waals surface area contributed by atoms with Crippen molar-refractivity contribution < 1.29 is 4.74 Å². The molecule has 1 saturated carbocycles.